The van der Waals surface area contributed by atoms with E-state index in [-0.39, 0.29) is 0 Å². The normalized spacial score (nSPS) is 30.0. The zero-order valence-electron chi connectivity index (χ0n) is 12.5. The van der Waals surface area contributed by atoms with Gasteiger partial charge in [0.2, 0.25) is 5.67 Å². The molecule has 2 heterocycles. The van der Waals surface area contributed by atoms with Crippen molar-refractivity contribution in [3.63, 3.8) is 0 Å². The maximum absolute atomic E-state index is 14.9. The molecule has 3 N–H and O–H groups in total. The molecule has 8 heteroatoms. The van der Waals surface area contributed by atoms with Crippen molar-refractivity contribution in [2.45, 2.75) is 44.9 Å². The first-order chi connectivity index (χ1) is 10.4. The minimum atomic E-state index is -2.57. The molecule has 1 aliphatic rings. The molecule has 1 fully saturated rings. The van der Waals surface area contributed by atoms with E-state index < -0.39 is 42.0 Å². The van der Waals surface area contributed by atoms with Crippen LogP contribution in [0.15, 0.2) is 21.9 Å². The summed E-state index contributed by atoms with van der Waals surface area (Å²) in [5.74, 6) is 4.49. The van der Waals surface area contributed by atoms with Gasteiger partial charge in [0.15, 0.2) is 6.23 Å². The van der Waals surface area contributed by atoms with Crippen molar-refractivity contribution in [1.82, 2.24) is 9.55 Å². The largest absolute Gasteiger partial charge is 0.394 e. The Morgan fingerprint density at radius 3 is 2.64 bits per heavy atom. The standard InChI is InChI=1S/C12H13FN2O5.C2H6/c1-2-4-12(13)9(18)7(6-16)20-10(12)15-5-3-8(17)14-11(15)19;1-2/h3,5,7,9-10,16,18H,6H2,1H3,(H,14,17,19);1-2H3/t7?,9-,10?,12?;/m0./s1. The number of aromatic nitrogens is 2. The molecule has 0 aromatic carbocycles. The molecule has 2 rings (SSSR count). The van der Waals surface area contributed by atoms with Gasteiger partial charge in [-0.05, 0) is 6.92 Å². The van der Waals surface area contributed by atoms with Crippen molar-refractivity contribution in [2.24, 2.45) is 0 Å². The highest BCUT2D eigenvalue weighted by Gasteiger charge is 2.57. The number of rotatable bonds is 2. The molecule has 7 nitrogen and oxygen atoms in total. The second kappa shape index (κ2) is 7.35. The first-order valence-corrected chi connectivity index (χ1v) is 6.82. The van der Waals surface area contributed by atoms with Gasteiger partial charge in [-0.1, -0.05) is 19.8 Å². The van der Waals surface area contributed by atoms with Gasteiger partial charge in [0.25, 0.3) is 5.56 Å². The maximum Gasteiger partial charge on any atom is 0.330 e. The summed E-state index contributed by atoms with van der Waals surface area (Å²) in [5.41, 5.74) is -4.10. The van der Waals surface area contributed by atoms with Gasteiger partial charge in [-0.25, -0.2) is 9.18 Å². The van der Waals surface area contributed by atoms with Crippen LogP contribution >= 0.6 is 0 Å². The Balaban J connectivity index is 0.00000116. The lowest BCUT2D eigenvalue weighted by molar-refractivity contribution is -0.0543. The predicted molar refractivity (Wildman–Crippen MR) is 77.0 cm³/mol. The van der Waals surface area contributed by atoms with Gasteiger partial charge in [0.1, 0.15) is 12.2 Å². The summed E-state index contributed by atoms with van der Waals surface area (Å²) in [5, 5.41) is 18.9. The average molecular weight is 314 g/mol. The fraction of sp³-hybridized carbons (Fsp3) is 0.571. The third-order valence-electron chi connectivity index (χ3n) is 3.05. The van der Waals surface area contributed by atoms with Crippen LogP contribution in [0.3, 0.4) is 0 Å². The minimum absolute atomic E-state index is 0.632. The smallest absolute Gasteiger partial charge is 0.330 e. The molecule has 0 aliphatic carbocycles. The van der Waals surface area contributed by atoms with Gasteiger partial charge in [0.05, 0.1) is 6.61 Å². The number of nitrogens with one attached hydrogen (secondary N) is 1. The summed E-state index contributed by atoms with van der Waals surface area (Å²) in [4.78, 5) is 24.7. The minimum Gasteiger partial charge on any atom is -0.394 e. The number of aliphatic hydroxyl groups is 2. The summed E-state index contributed by atoms with van der Waals surface area (Å²) in [7, 11) is 0. The van der Waals surface area contributed by atoms with Gasteiger partial charge < -0.3 is 14.9 Å². The van der Waals surface area contributed by atoms with E-state index in [1.54, 1.807) is 0 Å². The van der Waals surface area contributed by atoms with Crippen molar-refractivity contribution in [1.29, 1.82) is 0 Å². The van der Waals surface area contributed by atoms with E-state index in [0.717, 1.165) is 16.8 Å². The molecule has 0 bridgehead atoms. The molecule has 0 spiro atoms. The first-order valence-electron chi connectivity index (χ1n) is 6.82. The lowest BCUT2D eigenvalue weighted by atomic mass is 9.96. The van der Waals surface area contributed by atoms with Crippen LogP contribution in [0, 0.1) is 11.8 Å². The molecule has 0 amide bonds. The lowest BCUT2D eigenvalue weighted by Gasteiger charge is -2.23. The number of aliphatic hydroxyl groups excluding tert-OH is 2. The van der Waals surface area contributed by atoms with Crippen molar-refractivity contribution in [3.05, 3.63) is 33.1 Å². The van der Waals surface area contributed by atoms with Crippen LogP contribution in [-0.4, -0.2) is 44.2 Å². The van der Waals surface area contributed by atoms with Crippen LogP contribution in [0.25, 0.3) is 0 Å². The number of H-pyrrole nitrogens is 1. The Labute approximate surface area is 126 Å². The summed E-state index contributed by atoms with van der Waals surface area (Å²) >= 11 is 0. The first kappa shape index (κ1) is 18.1. The van der Waals surface area contributed by atoms with E-state index in [1.807, 2.05) is 18.8 Å². The lowest BCUT2D eigenvalue weighted by Crippen LogP contribution is -2.45. The Kier molecular flexibility index (Phi) is 6.05. The van der Waals surface area contributed by atoms with Crippen molar-refractivity contribution < 1.29 is 19.3 Å². The van der Waals surface area contributed by atoms with Crippen molar-refractivity contribution in [2.75, 3.05) is 6.61 Å². The number of alkyl halides is 1. The zero-order valence-corrected chi connectivity index (χ0v) is 12.5. The highest BCUT2D eigenvalue weighted by Crippen LogP contribution is 2.40. The summed E-state index contributed by atoms with van der Waals surface area (Å²) < 4.78 is 20.8. The number of aromatic amines is 1. The summed E-state index contributed by atoms with van der Waals surface area (Å²) in [6, 6.07) is 1.02. The number of hydrogen-bond acceptors (Lipinski definition) is 5. The SMILES string of the molecule is CC.CC#CC1(F)C(n2ccc(=O)[nH]c2=O)OC(CO)[C@@H]1O. The van der Waals surface area contributed by atoms with E-state index in [2.05, 4.69) is 11.8 Å². The van der Waals surface area contributed by atoms with Crippen LogP contribution in [-0.2, 0) is 4.74 Å². The van der Waals surface area contributed by atoms with E-state index >= 15 is 0 Å². The zero-order chi connectivity index (χ0) is 16.9. The summed E-state index contributed by atoms with van der Waals surface area (Å²) in [6.45, 7) is 4.74. The highest BCUT2D eigenvalue weighted by atomic mass is 19.1. The Morgan fingerprint density at radius 2 is 2.14 bits per heavy atom. The molecule has 1 aromatic rings. The fourth-order valence-corrected chi connectivity index (χ4v) is 2.11. The van der Waals surface area contributed by atoms with Crippen LogP contribution in [0.5, 0.6) is 0 Å². The summed E-state index contributed by atoms with van der Waals surface area (Å²) in [6.07, 6.45) is -3.45. The molecular formula is C14H19FN2O5. The Hall–Kier alpha value is -1.95. The number of halogens is 1. The number of ether oxygens (including phenoxy) is 1. The topological polar surface area (TPSA) is 105 Å². The Morgan fingerprint density at radius 1 is 1.50 bits per heavy atom. The molecule has 0 saturated carbocycles. The Bertz CT molecular complexity index is 674. The number of hydrogen-bond donors (Lipinski definition) is 3. The fourth-order valence-electron chi connectivity index (χ4n) is 2.11. The average Bonchev–Trinajstić information content (AvgIpc) is 2.74. The van der Waals surface area contributed by atoms with Gasteiger partial charge in [-0.15, -0.1) is 5.92 Å². The van der Waals surface area contributed by atoms with Gasteiger partial charge in [-0.2, -0.15) is 0 Å². The van der Waals surface area contributed by atoms with Gasteiger partial charge in [-0.3, -0.25) is 14.3 Å². The van der Waals surface area contributed by atoms with Crippen molar-refractivity contribution in [3.8, 4) is 11.8 Å². The quantitative estimate of drug-likeness (QED) is 0.641. The molecule has 1 aliphatic heterocycles. The van der Waals surface area contributed by atoms with Crippen LogP contribution in [0.2, 0.25) is 0 Å². The second-order valence-corrected chi connectivity index (χ2v) is 4.31. The molecule has 1 aromatic heterocycles. The number of nitrogens with zero attached hydrogens (tertiary/aromatic N) is 1. The van der Waals surface area contributed by atoms with Crippen LogP contribution in [0.4, 0.5) is 4.39 Å². The van der Waals surface area contributed by atoms with Crippen LogP contribution < -0.4 is 11.2 Å². The molecule has 22 heavy (non-hydrogen) atoms. The molecule has 122 valence electrons. The van der Waals surface area contributed by atoms with E-state index in [0.29, 0.717) is 0 Å². The molecule has 1 saturated heterocycles. The third kappa shape index (κ3) is 3.11. The second-order valence-electron chi connectivity index (χ2n) is 4.31. The molecule has 0 radical (unpaired) electrons. The monoisotopic (exact) mass is 314 g/mol. The molecule has 3 unspecified atom stereocenters. The van der Waals surface area contributed by atoms with Crippen molar-refractivity contribution >= 4 is 0 Å². The molecule has 4 atom stereocenters. The molecular weight excluding hydrogens is 295 g/mol. The van der Waals surface area contributed by atoms with Crippen LogP contribution in [0.1, 0.15) is 27.0 Å². The van der Waals surface area contributed by atoms with Gasteiger partial charge in [0, 0.05) is 12.3 Å². The third-order valence-corrected chi connectivity index (χ3v) is 3.05. The van der Waals surface area contributed by atoms with Gasteiger partial charge >= 0.3 is 5.69 Å². The predicted octanol–water partition coefficient (Wildman–Crippen LogP) is -0.455. The van der Waals surface area contributed by atoms with E-state index in [9.17, 15) is 19.1 Å². The van der Waals surface area contributed by atoms with E-state index in [1.165, 1.54) is 6.92 Å². The maximum atomic E-state index is 14.9. The highest BCUT2D eigenvalue weighted by molar-refractivity contribution is 5.22. The van der Waals surface area contributed by atoms with E-state index in [4.69, 9.17) is 9.84 Å².